The van der Waals surface area contributed by atoms with E-state index in [0.29, 0.717) is 36.8 Å². The number of rotatable bonds is 4. The van der Waals surface area contributed by atoms with Crippen LogP contribution in [-0.2, 0) is 4.79 Å². The fourth-order valence-electron chi connectivity index (χ4n) is 4.26. The number of guanidine groups is 1. The van der Waals surface area contributed by atoms with Crippen molar-refractivity contribution in [3.05, 3.63) is 0 Å². The number of hydrogen-bond donors (Lipinski definition) is 4. The van der Waals surface area contributed by atoms with Gasteiger partial charge >= 0.3 is 0 Å². The van der Waals surface area contributed by atoms with Crippen LogP contribution >= 0.6 is 0 Å². The molecule has 1 amide bonds. The minimum atomic E-state index is -1.55. The first-order chi connectivity index (χ1) is 12.9. The maximum absolute atomic E-state index is 13.7. The smallest absolute Gasteiger partial charge is 0.229 e. The fraction of sp³-hybridized carbons (Fsp3) is 0.895. The van der Waals surface area contributed by atoms with Crippen molar-refractivity contribution in [2.24, 2.45) is 22.7 Å². The number of hydrazine groups is 1. The molecular weight excluding hydrogens is 352 g/mol. The highest BCUT2D eigenvalue weighted by molar-refractivity contribution is 5.98. The summed E-state index contributed by atoms with van der Waals surface area (Å²) >= 11 is 0. The van der Waals surface area contributed by atoms with E-state index in [1.165, 1.54) is 12.8 Å². The van der Waals surface area contributed by atoms with E-state index in [4.69, 9.17) is 0 Å². The minimum Gasteiger partial charge on any atom is -0.339 e. The molecule has 6 unspecified atom stereocenters. The molecule has 0 bridgehead atoms. The summed E-state index contributed by atoms with van der Waals surface area (Å²) in [5, 5.41) is 6.18. The number of aliphatic imine (C=N–C) groups is 1. The van der Waals surface area contributed by atoms with E-state index >= 15 is 0 Å². The molecule has 154 valence electrons. The van der Waals surface area contributed by atoms with Crippen molar-refractivity contribution in [1.29, 1.82) is 0 Å². The minimum absolute atomic E-state index is 0.00276. The van der Waals surface area contributed by atoms with Crippen molar-refractivity contribution in [1.82, 2.24) is 21.5 Å². The van der Waals surface area contributed by atoms with Crippen LogP contribution in [0, 0.1) is 17.8 Å². The van der Waals surface area contributed by atoms with Crippen molar-refractivity contribution in [3.8, 4) is 0 Å². The lowest BCUT2D eigenvalue weighted by Gasteiger charge is -2.29. The molecule has 0 aromatic carbocycles. The number of fused-ring (bicyclic) bond motifs is 1. The zero-order chi connectivity index (χ0) is 19.4. The molecule has 0 aromatic rings. The van der Waals surface area contributed by atoms with Gasteiger partial charge in [-0.15, -0.1) is 0 Å². The van der Waals surface area contributed by atoms with Crippen LogP contribution in [0.3, 0.4) is 0 Å². The molecule has 0 aromatic heterocycles. The average Bonchev–Trinajstić information content (AvgIpc) is 3.05. The van der Waals surface area contributed by atoms with Gasteiger partial charge in [-0.05, 0) is 38.0 Å². The van der Waals surface area contributed by atoms with Crippen LogP contribution in [0.5, 0.6) is 0 Å². The molecule has 3 aliphatic rings. The lowest BCUT2D eigenvalue weighted by molar-refractivity contribution is -0.125. The Balaban J connectivity index is 1.61. The Bertz CT molecular complexity index is 544. The molecule has 2 saturated carbocycles. The molecule has 1 heterocycles. The Morgan fingerprint density at radius 1 is 1.11 bits per heavy atom. The highest BCUT2D eigenvalue weighted by atomic mass is 19.2. The SMILES string of the molecule is CC(C)CN=C(NC(=O)C1CCC(F)C(F)C1)NC1NNC2CCCCC21. The quantitative estimate of drug-likeness (QED) is 0.442. The number of halogens is 2. The summed E-state index contributed by atoms with van der Waals surface area (Å²) in [5.41, 5.74) is 6.61. The summed E-state index contributed by atoms with van der Waals surface area (Å²) in [4.78, 5) is 17.1. The standard InChI is InChI=1S/C19H33F2N5O/c1-11(2)10-22-19(23-17-13-5-3-4-6-16(13)25-26-17)24-18(27)12-7-8-14(20)15(21)9-12/h11-17,25-26H,3-10H2,1-2H3,(H2,22,23,24,27). The molecule has 27 heavy (non-hydrogen) atoms. The van der Waals surface area contributed by atoms with Crippen LogP contribution < -0.4 is 21.5 Å². The van der Waals surface area contributed by atoms with Crippen molar-refractivity contribution in [3.63, 3.8) is 0 Å². The van der Waals surface area contributed by atoms with Gasteiger partial charge < -0.3 is 5.32 Å². The Labute approximate surface area is 160 Å². The van der Waals surface area contributed by atoms with Gasteiger partial charge in [0.15, 0.2) is 5.96 Å². The van der Waals surface area contributed by atoms with Gasteiger partial charge in [0.05, 0.1) is 6.17 Å². The van der Waals surface area contributed by atoms with E-state index in [9.17, 15) is 13.6 Å². The number of nitrogens with zero attached hydrogens (tertiary/aromatic N) is 1. The lowest BCUT2D eigenvalue weighted by Crippen LogP contribution is -2.54. The van der Waals surface area contributed by atoms with Gasteiger partial charge in [-0.25, -0.2) is 14.2 Å². The van der Waals surface area contributed by atoms with Gasteiger partial charge in [0, 0.05) is 24.4 Å². The topological polar surface area (TPSA) is 77.5 Å². The first-order valence-corrected chi connectivity index (χ1v) is 10.3. The van der Waals surface area contributed by atoms with Crippen molar-refractivity contribution in [2.75, 3.05) is 6.54 Å². The molecule has 1 saturated heterocycles. The summed E-state index contributed by atoms with van der Waals surface area (Å²) < 4.78 is 27.0. The Hall–Kier alpha value is -1.28. The van der Waals surface area contributed by atoms with Crippen LogP contribution in [0.15, 0.2) is 4.99 Å². The number of amides is 1. The van der Waals surface area contributed by atoms with E-state index in [1.807, 2.05) is 0 Å². The van der Waals surface area contributed by atoms with Crippen molar-refractivity contribution in [2.45, 2.75) is 83.3 Å². The Morgan fingerprint density at radius 3 is 2.63 bits per heavy atom. The predicted octanol–water partition coefficient (Wildman–Crippen LogP) is 2.17. The first-order valence-electron chi connectivity index (χ1n) is 10.3. The molecule has 3 rings (SSSR count). The third-order valence-electron chi connectivity index (χ3n) is 5.88. The lowest BCUT2D eigenvalue weighted by atomic mass is 9.84. The van der Waals surface area contributed by atoms with Crippen molar-refractivity contribution < 1.29 is 13.6 Å². The van der Waals surface area contributed by atoms with E-state index in [1.54, 1.807) is 0 Å². The molecular formula is C19H33F2N5O. The highest BCUT2D eigenvalue weighted by Gasteiger charge is 2.38. The van der Waals surface area contributed by atoms with E-state index in [-0.39, 0.29) is 24.9 Å². The van der Waals surface area contributed by atoms with Crippen LogP contribution in [0.25, 0.3) is 0 Å². The molecule has 0 spiro atoms. The maximum atomic E-state index is 13.7. The molecule has 6 atom stereocenters. The van der Waals surface area contributed by atoms with Gasteiger partial charge in [0.25, 0.3) is 0 Å². The molecule has 8 heteroatoms. The van der Waals surface area contributed by atoms with Gasteiger partial charge in [-0.1, -0.05) is 26.7 Å². The number of nitrogens with one attached hydrogen (secondary N) is 4. The molecule has 0 radical (unpaired) electrons. The molecule has 6 nitrogen and oxygen atoms in total. The summed E-state index contributed by atoms with van der Waals surface area (Å²) in [6, 6.07) is 0.436. The van der Waals surface area contributed by atoms with Crippen molar-refractivity contribution >= 4 is 11.9 Å². The molecule has 1 aliphatic heterocycles. The third kappa shape index (κ3) is 5.38. The monoisotopic (exact) mass is 385 g/mol. The normalized spacial score (nSPS) is 37.1. The maximum Gasteiger partial charge on any atom is 0.229 e. The Morgan fingerprint density at radius 2 is 1.89 bits per heavy atom. The Kier molecular flexibility index (Phi) is 7.03. The van der Waals surface area contributed by atoms with Crippen LogP contribution in [0.1, 0.15) is 58.8 Å². The van der Waals surface area contributed by atoms with Crippen LogP contribution in [-0.4, -0.2) is 43.0 Å². The summed E-state index contributed by atoms with van der Waals surface area (Å²) in [7, 11) is 0. The van der Waals surface area contributed by atoms with Crippen LogP contribution in [0.2, 0.25) is 0 Å². The zero-order valence-electron chi connectivity index (χ0n) is 16.3. The van der Waals surface area contributed by atoms with E-state index < -0.39 is 18.3 Å². The second kappa shape index (κ2) is 9.28. The molecule has 3 fully saturated rings. The fourth-order valence-corrected chi connectivity index (χ4v) is 4.26. The third-order valence-corrected chi connectivity index (χ3v) is 5.88. The van der Waals surface area contributed by atoms with Gasteiger partial charge in [-0.3, -0.25) is 20.5 Å². The van der Waals surface area contributed by atoms with Gasteiger partial charge in [0.1, 0.15) is 12.3 Å². The molecule has 4 N–H and O–H groups in total. The summed E-state index contributed by atoms with van der Waals surface area (Å²) in [6.45, 7) is 4.71. The predicted molar refractivity (Wildman–Crippen MR) is 101 cm³/mol. The highest BCUT2D eigenvalue weighted by Crippen LogP contribution is 2.30. The first kappa shape index (κ1) is 20.5. The van der Waals surface area contributed by atoms with Crippen LogP contribution in [0.4, 0.5) is 8.78 Å². The molecule has 2 aliphatic carbocycles. The number of hydrogen-bond acceptors (Lipinski definition) is 4. The zero-order valence-corrected chi connectivity index (χ0v) is 16.3. The summed E-state index contributed by atoms with van der Waals surface area (Å²) in [5.74, 6) is 0.447. The number of carbonyl (C=O) groups excluding carboxylic acids is 1. The van der Waals surface area contributed by atoms with Gasteiger partial charge in [0.2, 0.25) is 5.91 Å². The van der Waals surface area contributed by atoms with E-state index in [0.717, 1.165) is 12.8 Å². The average molecular weight is 386 g/mol. The largest absolute Gasteiger partial charge is 0.339 e. The number of alkyl halides is 2. The summed E-state index contributed by atoms with van der Waals surface area (Å²) in [6.07, 6.45) is 2.12. The number of carbonyl (C=O) groups is 1. The second-order valence-corrected chi connectivity index (χ2v) is 8.58. The van der Waals surface area contributed by atoms with E-state index in [2.05, 4.69) is 40.3 Å². The second-order valence-electron chi connectivity index (χ2n) is 8.58. The van der Waals surface area contributed by atoms with Gasteiger partial charge in [-0.2, -0.15) is 0 Å².